The van der Waals surface area contributed by atoms with Gasteiger partial charge in [-0.3, -0.25) is 4.79 Å². The van der Waals surface area contributed by atoms with Crippen LogP contribution < -0.4 is 10.1 Å². The SMILES string of the molecule is CCN(Cc1ccc(C)cc1-c1cc(CC(=O)O)ccc1OC)C(=O)NCc1ccccc1. The van der Waals surface area contributed by atoms with Crippen LogP contribution in [0.2, 0.25) is 0 Å². The van der Waals surface area contributed by atoms with Gasteiger partial charge in [0.25, 0.3) is 0 Å². The Labute approximate surface area is 194 Å². The van der Waals surface area contributed by atoms with Crippen molar-refractivity contribution >= 4 is 12.0 Å². The molecule has 2 N–H and O–H groups in total. The minimum Gasteiger partial charge on any atom is -0.496 e. The molecule has 0 unspecified atom stereocenters. The Balaban J connectivity index is 1.89. The molecule has 0 atom stereocenters. The van der Waals surface area contributed by atoms with Gasteiger partial charge in [-0.25, -0.2) is 4.79 Å². The molecule has 33 heavy (non-hydrogen) atoms. The predicted octanol–water partition coefficient (Wildman–Crippen LogP) is 5.03. The fraction of sp³-hybridized carbons (Fsp3) is 0.259. The Morgan fingerprint density at radius 3 is 2.39 bits per heavy atom. The van der Waals surface area contributed by atoms with Crippen LogP contribution in [-0.2, 0) is 24.3 Å². The van der Waals surface area contributed by atoms with Crippen LogP contribution in [-0.4, -0.2) is 35.7 Å². The molecule has 6 heteroatoms. The van der Waals surface area contributed by atoms with Gasteiger partial charge in [-0.1, -0.05) is 60.2 Å². The Bertz CT molecular complexity index is 1110. The van der Waals surface area contributed by atoms with Gasteiger partial charge in [0, 0.05) is 25.2 Å². The zero-order chi connectivity index (χ0) is 23.8. The number of urea groups is 1. The van der Waals surface area contributed by atoms with E-state index in [1.807, 2.05) is 68.4 Å². The maximum atomic E-state index is 12.9. The minimum atomic E-state index is -0.886. The number of benzene rings is 3. The average Bonchev–Trinajstić information content (AvgIpc) is 2.82. The molecular weight excluding hydrogens is 416 g/mol. The highest BCUT2D eigenvalue weighted by molar-refractivity contribution is 5.78. The first-order chi connectivity index (χ1) is 15.9. The number of carboxylic acid groups (broad SMARTS) is 1. The van der Waals surface area contributed by atoms with Crippen LogP contribution in [0.5, 0.6) is 5.75 Å². The van der Waals surface area contributed by atoms with Gasteiger partial charge in [0.15, 0.2) is 0 Å². The number of ether oxygens (including phenoxy) is 1. The number of amides is 2. The first-order valence-electron chi connectivity index (χ1n) is 11.0. The Morgan fingerprint density at radius 2 is 1.73 bits per heavy atom. The van der Waals surface area contributed by atoms with E-state index < -0.39 is 5.97 Å². The molecule has 0 spiro atoms. The number of methoxy groups -OCH3 is 1. The smallest absolute Gasteiger partial charge is 0.317 e. The molecule has 6 nitrogen and oxygen atoms in total. The molecule has 172 valence electrons. The summed E-state index contributed by atoms with van der Waals surface area (Å²) in [6.45, 7) is 5.38. The van der Waals surface area contributed by atoms with Gasteiger partial charge in [-0.15, -0.1) is 0 Å². The quantitative estimate of drug-likeness (QED) is 0.483. The van der Waals surface area contributed by atoms with Gasteiger partial charge >= 0.3 is 12.0 Å². The normalized spacial score (nSPS) is 10.5. The number of nitrogens with zero attached hydrogens (tertiary/aromatic N) is 1. The lowest BCUT2D eigenvalue weighted by molar-refractivity contribution is -0.136. The Hall–Kier alpha value is -3.80. The zero-order valence-corrected chi connectivity index (χ0v) is 19.3. The highest BCUT2D eigenvalue weighted by atomic mass is 16.5. The molecule has 3 aromatic rings. The van der Waals surface area contributed by atoms with E-state index in [2.05, 4.69) is 5.32 Å². The second kappa shape index (κ2) is 11.2. The van der Waals surface area contributed by atoms with Gasteiger partial charge in [0.1, 0.15) is 5.75 Å². The standard InChI is InChI=1S/C27H30N2O4/c1-4-29(27(32)28-17-20-8-6-5-7-9-20)18-22-12-10-19(2)14-23(22)24-15-21(16-26(30)31)11-13-25(24)33-3/h5-15H,4,16-18H2,1-3H3,(H,28,32)(H,30,31). The summed E-state index contributed by atoms with van der Waals surface area (Å²) in [5.41, 5.74) is 5.50. The fourth-order valence-electron chi connectivity index (χ4n) is 3.75. The van der Waals surface area contributed by atoms with Crippen LogP contribution in [0.1, 0.15) is 29.2 Å². The summed E-state index contributed by atoms with van der Waals surface area (Å²) in [5, 5.41) is 12.2. The first kappa shape index (κ1) is 23.9. The third-order valence-electron chi connectivity index (χ3n) is 5.49. The number of hydrogen-bond donors (Lipinski definition) is 2. The second-order valence-electron chi connectivity index (χ2n) is 7.92. The molecule has 0 radical (unpaired) electrons. The molecule has 0 saturated heterocycles. The number of nitrogens with one attached hydrogen (secondary N) is 1. The molecule has 0 fully saturated rings. The van der Waals surface area contributed by atoms with E-state index in [1.54, 1.807) is 24.1 Å². The van der Waals surface area contributed by atoms with Crippen LogP contribution >= 0.6 is 0 Å². The summed E-state index contributed by atoms with van der Waals surface area (Å²) < 4.78 is 5.58. The third kappa shape index (κ3) is 6.35. The molecule has 0 aliphatic carbocycles. The Kier molecular flexibility index (Phi) is 8.08. The number of carbonyl (C=O) groups excluding carboxylic acids is 1. The average molecular weight is 447 g/mol. The topological polar surface area (TPSA) is 78.9 Å². The van der Waals surface area contributed by atoms with Gasteiger partial charge in [-0.2, -0.15) is 0 Å². The van der Waals surface area contributed by atoms with Crippen molar-refractivity contribution in [3.05, 3.63) is 89.0 Å². The Morgan fingerprint density at radius 1 is 0.970 bits per heavy atom. The summed E-state index contributed by atoms with van der Waals surface area (Å²) >= 11 is 0. The minimum absolute atomic E-state index is 0.0683. The van der Waals surface area contributed by atoms with Gasteiger partial charge in [0.2, 0.25) is 0 Å². The van der Waals surface area contributed by atoms with Crippen LogP contribution in [0.15, 0.2) is 66.7 Å². The highest BCUT2D eigenvalue weighted by Crippen LogP contribution is 2.35. The molecule has 3 rings (SSSR count). The number of carbonyl (C=O) groups is 2. The van der Waals surface area contributed by atoms with Crippen molar-refractivity contribution in [3.63, 3.8) is 0 Å². The van der Waals surface area contributed by atoms with Crippen molar-refractivity contribution in [2.45, 2.75) is 33.4 Å². The predicted molar refractivity (Wildman–Crippen MR) is 129 cm³/mol. The lowest BCUT2D eigenvalue weighted by atomic mass is 9.94. The van der Waals surface area contributed by atoms with E-state index in [0.717, 1.165) is 27.8 Å². The van der Waals surface area contributed by atoms with Crippen molar-refractivity contribution in [1.29, 1.82) is 0 Å². The number of aliphatic carboxylic acids is 1. The number of carboxylic acids is 1. The van der Waals surface area contributed by atoms with Crippen molar-refractivity contribution in [1.82, 2.24) is 10.2 Å². The molecule has 0 heterocycles. The summed E-state index contributed by atoms with van der Waals surface area (Å²) in [5.74, 6) is -0.226. The second-order valence-corrected chi connectivity index (χ2v) is 7.92. The molecule has 0 aliphatic rings. The third-order valence-corrected chi connectivity index (χ3v) is 5.49. The lowest BCUT2D eigenvalue weighted by Crippen LogP contribution is -2.39. The van der Waals surface area contributed by atoms with Crippen molar-refractivity contribution < 1.29 is 19.4 Å². The monoisotopic (exact) mass is 446 g/mol. The van der Waals surface area contributed by atoms with Gasteiger partial charge < -0.3 is 20.1 Å². The van der Waals surface area contributed by atoms with E-state index >= 15 is 0 Å². The van der Waals surface area contributed by atoms with Crippen molar-refractivity contribution in [3.8, 4) is 16.9 Å². The molecule has 0 aromatic heterocycles. The molecule has 0 aliphatic heterocycles. The number of rotatable bonds is 9. The van der Waals surface area contributed by atoms with E-state index in [1.165, 1.54) is 0 Å². The molecule has 3 aromatic carbocycles. The first-order valence-corrected chi connectivity index (χ1v) is 11.0. The number of hydrogen-bond acceptors (Lipinski definition) is 3. The van der Waals surface area contributed by atoms with Crippen LogP contribution in [0, 0.1) is 6.92 Å². The summed E-state index contributed by atoms with van der Waals surface area (Å²) in [4.78, 5) is 25.9. The zero-order valence-electron chi connectivity index (χ0n) is 19.3. The van der Waals surface area contributed by atoms with Crippen molar-refractivity contribution in [2.24, 2.45) is 0 Å². The highest BCUT2D eigenvalue weighted by Gasteiger charge is 2.17. The summed E-state index contributed by atoms with van der Waals surface area (Å²) in [6, 6.07) is 21.2. The lowest BCUT2D eigenvalue weighted by Gasteiger charge is -2.24. The van der Waals surface area contributed by atoms with E-state index in [-0.39, 0.29) is 12.5 Å². The summed E-state index contributed by atoms with van der Waals surface area (Å²) in [7, 11) is 1.60. The molecule has 0 bridgehead atoms. The fourth-order valence-corrected chi connectivity index (χ4v) is 3.75. The largest absolute Gasteiger partial charge is 0.496 e. The van der Waals surface area contributed by atoms with E-state index in [0.29, 0.717) is 30.9 Å². The maximum absolute atomic E-state index is 12.9. The molecular formula is C27H30N2O4. The maximum Gasteiger partial charge on any atom is 0.317 e. The van der Waals surface area contributed by atoms with Gasteiger partial charge in [-0.05, 0) is 48.2 Å². The van der Waals surface area contributed by atoms with E-state index in [4.69, 9.17) is 4.74 Å². The van der Waals surface area contributed by atoms with Crippen molar-refractivity contribution in [2.75, 3.05) is 13.7 Å². The van der Waals surface area contributed by atoms with Crippen LogP contribution in [0.25, 0.3) is 11.1 Å². The molecule has 2 amide bonds. The number of aryl methyl sites for hydroxylation is 1. The molecule has 0 saturated carbocycles. The van der Waals surface area contributed by atoms with Crippen LogP contribution in [0.3, 0.4) is 0 Å². The van der Waals surface area contributed by atoms with Crippen LogP contribution in [0.4, 0.5) is 4.79 Å². The van der Waals surface area contributed by atoms with Gasteiger partial charge in [0.05, 0.1) is 13.5 Å². The van der Waals surface area contributed by atoms with E-state index in [9.17, 15) is 14.7 Å². The summed E-state index contributed by atoms with van der Waals surface area (Å²) in [6.07, 6.45) is -0.0683.